The number of para-hydroxylation sites is 2. The SMILES string of the molecule is CN(C)C/C=C/C(=O)NCCCCOC(=O)[C@@]1(O)CC2O[C@]1(C)n1c3ccccc3c3c4c(c5c6ccccc6n2c5c31)C(=O)NC4. The fraction of sp³-hybridized carbons (Fsp3) is 0.361. The number of esters is 1. The molecule has 5 aromatic rings. The number of benzene rings is 3. The topological polar surface area (TPSA) is 127 Å². The Morgan fingerprint density at radius 3 is 2.57 bits per heavy atom. The van der Waals surface area contributed by atoms with Crippen molar-refractivity contribution in [1.29, 1.82) is 0 Å². The molecule has 3 aliphatic heterocycles. The van der Waals surface area contributed by atoms with E-state index < -0.39 is 23.5 Å². The summed E-state index contributed by atoms with van der Waals surface area (Å²) >= 11 is 0. The molecule has 0 saturated carbocycles. The van der Waals surface area contributed by atoms with Crippen molar-refractivity contribution in [2.75, 3.05) is 33.8 Å². The molecule has 3 N–H and O–H groups in total. The van der Waals surface area contributed by atoms with E-state index in [0.717, 1.165) is 49.2 Å². The Kier molecular flexibility index (Phi) is 6.73. The van der Waals surface area contributed by atoms with Crippen molar-refractivity contribution in [3.8, 4) is 0 Å². The van der Waals surface area contributed by atoms with Crippen LogP contribution < -0.4 is 10.6 Å². The number of amides is 2. The Morgan fingerprint density at radius 2 is 1.81 bits per heavy atom. The van der Waals surface area contributed by atoms with E-state index in [-0.39, 0.29) is 24.8 Å². The van der Waals surface area contributed by atoms with E-state index in [2.05, 4.69) is 15.2 Å². The van der Waals surface area contributed by atoms with Gasteiger partial charge in [-0.1, -0.05) is 42.5 Å². The molecule has 1 fully saturated rings. The summed E-state index contributed by atoms with van der Waals surface area (Å²) in [6.07, 6.45) is 3.69. The highest BCUT2D eigenvalue weighted by Crippen LogP contribution is 2.57. The van der Waals surface area contributed by atoms with Gasteiger partial charge in [0.1, 0.15) is 6.23 Å². The van der Waals surface area contributed by atoms with Crippen LogP contribution in [0.15, 0.2) is 60.7 Å². The number of rotatable bonds is 9. The van der Waals surface area contributed by atoms with Crippen LogP contribution in [-0.4, -0.2) is 76.3 Å². The number of fused-ring (bicyclic) bond motifs is 13. The number of carbonyl (C=O) groups excluding carboxylic acids is 3. The van der Waals surface area contributed by atoms with Gasteiger partial charge in [-0.2, -0.15) is 0 Å². The molecule has 0 spiro atoms. The van der Waals surface area contributed by atoms with E-state index in [1.54, 1.807) is 13.0 Å². The third kappa shape index (κ3) is 4.13. The molecule has 3 aromatic carbocycles. The van der Waals surface area contributed by atoms with Crippen LogP contribution in [0, 0.1) is 0 Å². The molecule has 0 radical (unpaired) electrons. The third-order valence-electron chi connectivity index (χ3n) is 10.0. The maximum atomic E-state index is 14.0. The van der Waals surface area contributed by atoms with Crippen LogP contribution in [0.25, 0.3) is 43.6 Å². The van der Waals surface area contributed by atoms with Crippen LogP contribution in [0.4, 0.5) is 0 Å². The zero-order valence-corrected chi connectivity index (χ0v) is 26.6. The van der Waals surface area contributed by atoms with Gasteiger partial charge in [0.2, 0.25) is 11.5 Å². The van der Waals surface area contributed by atoms with Crippen LogP contribution >= 0.6 is 0 Å². The zero-order chi connectivity index (χ0) is 32.7. The first-order valence-corrected chi connectivity index (χ1v) is 16.1. The highest BCUT2D eigenvalue weighted by Gasteiger charge is 2.66. The van der Waals surface area contributed by atoms with Gasteiger partial charge in [0.05, 0.1) is 34.2 Å². The van der Waals surface area contributed by atoms with Crippen molar-refractivity contribution in [3.63, 3.8) is 0 Å². The molecule has 11 nitrogen and oxygen atoms in total. The van der Waals surface area contributed by atoms with E-state index >= 15 is 0 Å². The fourth-order valence-corrected chi connectivity index (χ4v) is 7.87. The highest BCUT2D eigenvalue weighted by atomic mass is 16.6. The Balaban J connectivity index is 1.17. The van der Waals surface area contributed by atoms with Gasteiger partial charge in [0, 0.05) is 53.7 Å². The molecule has 11 heteroatoms. The summed E-state index contributed by atoms with van der Waals surface area (Å²) in [4.78, 5) is 41.4. The predicted molar refractivity (Wildman–Crippen MR) is 178 cm³/mol. The van der Waals surface area contributed by atoms with Crippen molar-refractivity contribution in [2.45, 2.75) is 50.3 Å². The smallest absolute Gasteiger partial charge is 0.343 e. The second kappa shape index (κ2) is 10.7. The maximum absolute atomic E-state index is 14.0. The molecule has 2 bridgehead atoms. The van der Waals surface area contributed by atoms with Gasteiger partial charge >= 0.3 is 5.97 Å². The standard InChI is InChI=1S/C36H37N5O6/c1-35-36(45,34(44)46-18-9-8-16-37-26(42)15-10-17-39(2)3)19-27(47-35)40-24-13-6-4-11-21(24)29-30-23(20-38-33(30)43)28-22-12-5-7-14-25(22)41(35)32(28)31(29)40/h4-7,10-15,27,45H,8-9,16-20H2,1-3H3,(H,37,42)(H,38,43)/b15-10+/t27?,35-,36-/m0/s1. The molecular formula is C36H37N5O6. The molecule has 242 valence electrons. The summed E-state index contributed by atoms with van der Waals surface area (Å²) in [6, 6.07) is 15.8. The first-order valence-electron chi connectivity index (χ1n) is 16.1. The minimum atomic E-state index is -2.03. The molecule has 8 rings (SSSR count). The second-order valence-electron chi connectivity index (χ2n) is 13.1. The monoisotopic (exact) mass is 635 g/mol. The summed E-state index contributed by atoms with van der Waals surface area (Å²) in [5.41, 5.74) is 1.35. The van der Waals surface area contributed by atoms with Gasteiger partial charge in [-0.05, 0) is 51.6 Å². The summed E-state index contributed by atoms with van der Waals surface area (Å²) < 4.78 is 16.6. The first-order chi connectivity index (χ1) is 22.7. The number of hydrogen-bond donors (Lipinski definition) is 3. The molecule has 2 aromatic heterocycles. The number of nitrogens with one attached hydrogen (secondary N) is 2. The van der Waals surface area contributed by atoms with Gasteiger partial charge in [-0.25, -0.2) is 4.79 Å². The number of unbranched alkanes of at least 4 members (excludes halogenated alkanes) is 1. The molecule has 5 heterocycles. The minimum Gasteiger partial charge on any atom is -0.463 e. The summed E-state index contributed by atoms with van der Waals surface area (Å²) in [5.74, 6) is -1.03. The van der Waals surface area contributed by atoms with Crippen LogP contribution in [0.5, 0.6) is 0 Å². The Hall–Kier alpha value is -4.71. The molecular weight excluding hydrogens is 598 g/mol. The molecule has 1 saturated heterocycles. The van der Waals surface area contributed by atoms with E-state index in [9.17, 15) is 19.5 Å². The molecule has 0 aliphatic carbocycles. The third-order valence-corrected chi connectivity index (χ3v) is 10.0. The summed E-state index contributed by atoms with van der Waals surface area (Å²) in [6.45, 7) is 3.35. The lowest BCUT2D eigenvalue weighted by Crippen LogP contribution is -2.56. The minimum absolute atomic E-state index is 0.0395. The van der Waals surface area contributed by atoms with Gasteiger partial charge < -0.3 is 39.2 Å². The number of ether oxygens (including phenoxy) is 2. The summed E-state index contributed by atoms with van der Waals surface area (Å²) in [7, 11) is 3.86. The lowest BCUT2D eigenvalue weighted by atomic mass is 9.88. The first kappa shape index (κ1) is 29.7. The maximum Gasteiger partial charge on any atom is 0.343 e. The fourth-order valence-electron chi connectivity index (χ4n) is 7.87. The normalized spacial score (nSPS) is 23.1. The average Bonchev–Trinajstić information content (AvgIpc) is 3.75. The van der Waals surface area contributed by atoms with E-state index in [4.69, 9.17) is 9.47 Å². The Morgan fingerprint density at radius 1 is 1.09 bits per heavy atom. The van der Waals surface area contributed by atoms with Crippen molar-refractivity contribution in [1.82, 2.24) is 24.7 Å². The number of likely N-dealkylation sites (N-methyl/N-ethyl adjacent to an activating group) is 1. The van der Waals surface area contributed by atoms with Gasteiger partial charge in [0.25, 0.3) is 5.91 Å². The van der Waals surface area contributed by atoms with Crippen molar-refractivity contribution >= 4 is 61.4 Å². The van der Waals surface area contributed by atoms with E-state index in [1.807, 2.05) is 72.1 Å². The Labute approximate surface area is 270 Å². The van der Waals surface area contributed by atoms with Crippen LogP contribution in [0.3, 0.4) is 0 Å². The Bertz CT molecular complexity index is 2180. The lowest BCUT2D eigenvalue weighted by molar-refractivity contribution is -0.204. The van der Waals surface area contributed by atoms with Crippen molar-refractivity contribution < 1.29 is 29.0 Å². The second-order valence-corrected chi connectivity index (χ2v) is 13.1. The predicted octanol–water partition coefficient (Wildman–Crippen LogP) is 4.04. The van der Waals surface area contributed by atoms with Gasteiger partial charge in [-0.15, -0.1) is 0 Å². The van der Waals surface area contributed by atoms with Crippen molar-refractivity contribution in [2.24, 2.45) is 0 Å². The van der Waals surface area contributed by atoms with Gasteiger partial charge in [-0.3, -0.25) is 9.59 Å². The van der Waals surface area contributed by atoms with Crippen LogP contribution in [-0.2, 0) is 31.3 Å². The van der Waals surface area contributed by atoms with Crippen LogP contribution in [0.1, 0.15) is 48.3 Å². The quantitative estimate of drug-likeness (QED) is 0.127. The number of nitrogens with zero attached hydrogens (tertiary/aromatic N) is 3. The van der Waals surface area contributed by atoms with Crippen molar-refractivity contribution in [3.05, 3.63) is 71.8 Å². The highest BCUT2D eigenvalue weighted by molar-refractivity contribution is 6.31. The largest absolute Gasteiger partial charge is 0.463 e. The van der Waals surface area contributed by atoms with E-state index in [1.165, 1.54) is 6.08 Å². The molecule has 1 unspecified atom stereocenters. The molecule has 3 aliphatic rings. The van der Waals surface area contributed by atoms with Gasteiger partial charge in [0.15, 0.2) is 5.72 Å². The van der Waals surface area contributed by atoms with E-state index in [0.29, 0.717) is 38.0 Å². The average molecular weight is 636 g/mol. The molecule has 2 amide bonds. The molecule has 47 heavy (non-hydrogen) atoms. The lowest BCUT2D eigenvalue weighted by Gasteiger charge is -2.37. The number of aliphatic hydroxyl groups is 1. The number of hydrogen-bond acceptors (Lipinski definition) is 7. The zero-order valence-electron chi connectivity index (χ0n) is 26.6. The van der Waals surface area contributed by atoms with Crippen LogP contribution in [0.2, 0.25) is 0 Å². The number of aromatic nitrogens is 2. The number of carbonyl (C=O) groups is 3. The summed E-state index contributed by atoms with van der Waals surface area (Å²) in [5, 5.41) is 22.0. The molecule has 3 atom stereocenters.